The Kier molecular flexibility index (Phi) is 4.03. The van der Waals surface area contributed by atoms with Gasteiger partial charge < -0.3 is 11.1 Å². The first-order valence-corrected chi connectivity index (χ1v) is 8.82. The lowest BCUT2D eigenvalue weighted by atomic mass is 9.94. The van der Waals surface area contributed by atoms with Gasteiger partial charge in [0.15, 0.2) is 5.82 Å². The van der Waals surface area contributed by atoms with Crippen molar-refractivity contribution in [1.29, 1.82) is 0 Å². The quantitative estimate of drug-likeness (QED) is 0.751. The molecule has 4 rings (SSSR count). The van der Waals surface area contributed by atoms with E-state index in [4.69, 9.17) is 10.8 Å². The van der Waals surface area contributed by atoms with Crippen molar-refractivity contribution in [2.45, 2.75) is 26.8 Å². The molecule has 3 aromatic rings. The lowest BCUT2D eigenvalue weighted by Gasteiger charge is -2.27. The highest BCUT2D eigenvalue weighted by molar-refractivity contribution is 5.95. The van der Waals surface area contributed by atoms with Gasteiger partial charge in [0.1, 0.15) is 6.04 Å². The summed E-state index contributed by atoms with van der Waals surface area (Å²) in [6.07, 6.45) is 0. The fourth-order valence-electron chi connectivity index (χ4n) is 3.53. The summed E-state index contributed by atoms with van der Waals surface area (Å²) in [7, 11) is 0. The maximum Gasteiger partial charge on any atom is 0.248 e. The largest absolute Gasteiger partial charge is 0.366 e. The summed E-state index contributed by atoms with van der Waals surface area (Å²) in [6, 6.07) is 15.6. The number of fused-ring (bicyclic) bond motifs is 1. The minimum atomic E-state index is -0.468. The molecule has 1 aliphatic heterocycles. The van der Waals surface area contributed by atoms with Crippen molar-refractivity contribution < 1.29 is 4.79 Å². The second-order valence-corrected chi connectivity index (χ2v) is 6.92. The first kappa shape index (κ1) is 17.0. The molecule has 0 fully saturated rings. The van der Waals surface area contributed by atoms with E-state index in [1.54, 1.807) is 4.68 Å². The number of allylic oxidation sites excluding steroid dienone is 1. The van der Waals surface area contributed by atoms with Gasteiger partial charge in [-0.3, -0.25) is 4.79 Å². The number of nitrogens with two attached hydrogens (primary N) is 1. The van der Waals surface area contributed by atoms with E-state index in [1.807, 2.05) is 69.3 Å². The molecule has 0 aliphatic carbocycles. The van der Waals surface area contributed by atoms with Crippen LogP contribution in [0.5, 0.6) is 0 Å². The van der Waals surface area contributed by atoms with Gasteiger partial charge >= 0.3 is 0 Å². The molecule has 2 heterocycles. The molecule has 136 valence electrons. The number of carbonyl (C=O) groups is 1. The van der Waals surface area contributed by atoms with Crippen molar-refractivity contribution in [3.05, 3.63) is 76.5 Å². The number of hydrogen-bond acceptors (Lipinski definition) is 4. The van der Waals surface area contributed by atoms with Crippen molar-refractivity contribution in [3.8, 4) is 11.4 Å². The SMILES string of the molecule is CC1=C(C(N)=O)[C@@H](c2cccc(C)c2)n2nc(-c3cccc(C)c3)nc2N1. The average molecular weight is 359 g/mol. The van der Waals surface area contributed by atoms with Gasteiger partial charge in [-0.1, -0.05) is 53.6 Å². The van der Waals surface area contributed by atoms with Crippen LogP contribution in [0, 0.1) is 13.8 Å². The van der Waals surface area contributed by atoms with E-state index in [-0.39, 0.29) is 0 Å². The van der Waals surface area contributed by atoms with Crippen molar-refractivity contribution >= 4 is 11.9 Å². The molecule has 0 radical (unpaired) electrons. The molecule has 27 heavy (non-hydrogen) atoms. The van der Waals surface area contributed by atoms with Crippen LogP contribution in [0.4, 0.5) is 5.95 Å². The van der Waals surface area contributed by atoms with Gasteiger partial charge in [0.2, 0.25) is 11.9 Å². The van der Waals surface area contributed by atoms with Crippen molar-refractivity contribution in [2.24, 2.45) is 5.73 Å². The number of amides is 1. The molecular weight excluding hydrogens is 338 g/mol. The van der Waals surface area contributed by atoms with Crippen LogP contribution in [0.15, 0.2) is 59.8 Å². The van der Waals surface area contributed by atoms with Crippen molar-refractivity contribution in [2.75, 3.05) is 5.32 Å². The number of aromatic nitrogens is 3. The zero-order valence-corrected chi connectivity index (χ0v) is 15.5. The number of benzene rings is 2. The summed E-state index contributed by atoms with van der Waals surface area (Å²) in [5.41, 5.74) is 11.0. The van der Waals surface area contributed by atoms with Crippen molar-refractivity contribution in [3.63, 3.8) is 0 Å². The molecule has 1 amide bonds. The lowest BCUT2D eigenvalue weighted by molar-refractivity contribution is -0.115. The number of nitrogens with zero attached hydrogens (tertiary/aromatic N) is 3. The molecule has 0 bridgehead atoms. The highest BCUT2D eigenvalue weighted by Gasteiger charge is 2.33. The van der Waals surface area contributed by atoms with Gasteiger partial charge in [-0.25, -0.2) is 4.68 Å². The predicted molar refractivity (Wildman–Crippen MR) is 105 cm³/mol. The van der Waals surface area contributed by atoms with E-state index in [9.17, 15) is 4.79 Å². The maximum absolute atomic E-state index is 12.2. The molecular formula is C21H21N5O. The summed E-state index contributed by atoms with van der Waals surface area (Å²) in [6.45, 7) is 5.89. The summed E-state index contributed by atoms with van der Waals surface area (Å²) < 4.78 is 1.75. The number of hydrogen-bond donors (Lipinski definition) is 2. The highest BCUT2D eigenvalue weighted by atomic mass is 16.1. The highest BCUT2D eigenvalue weighted by Crippen LogP contribution is 2.36. The molecule has 0 saturated heterocycles. The lowest BCUT2D eigenvalue weighted by Crippen LogP contribution is -2.31. The van der Waals surface area contributed by atoms with E-state index in [0.717, 1.165) is 22.3 Å². The van der Waals surface area contributed by atoms with E-state index in [0.29, 0.717) is 23.0 Å². The minimum absolute atomic E-state index is 0.412. The van der Waals surface area contributed by atoms with Crippen molar-refractivity contribution in [1.82, 2.24) is 14.8 Å². The van der Waals surface area contributed by atoms with Gasteiger partial charge in [-0.15, -0.1) is 5.10 Å². The van der Waals surface area contributed by atoms with Crippen LogP contribution in [-0.4, -0.2) is 20.7 Å². The van der Waals surface area contributed by atoms with E-state index in [2.05, 4.69) is 10.3 Å². The summed E-state index contributed by atoms with van der Waals surface area (Å²) >= 11 is 0. The third kappa shape index (κ3) is 2.99. The molecule has 2 aromatic carbocycles. The number of aryl methyl sites for hydroxylation is 2. The fourth-order valence-corrected chi connectivity index (χ4v) is 3.53. The first-order valence-electron chi connectivity index (χ1n) is 8.82. The molecule has 6 nitrogen and oxygen atoms in total. The molecule has 1 aromatic heterocycles. The topological polar surface area (TPSA) is 85.8 Å². The molecule has 3 N–H and O–H groups in total. The van der Waals surface area contributed by atoms with Gasteiger partial charge in [0.25, 0.3) is 0 Å². The normalized spacial score (nSPS) is 16.0. The summed E-state index contributed by atoms with van der Waals surface area (Å²) in [5.74, 6) is 0.739. The predicted octanol–water partition coefficient (Wildman–Crippen LogP) is 3.34. The number of carbonyl (C=O) groups excluding carboxylic acids is 1. The third-order valence-corrected chi connectivity index (χ3v) is 4.75. The zero-order valence-electron chi connectivity index (χ0n) is 15.5. The Labute approximate surface area is 157 Å². The zero-order chi connectivity index (χ0) is 19.1. The monoisotopic (exact) mass is 359 g/mol. The maximum atomic E-state index is 12.2. The smallest absolute Gasteiger partial charge is 0.248 e. The number of anilines is 1. The number of rotatable bonds is 3. The van der Waals surface area contributed by atoms with Crippen LogP contribution in [-0.2, 0) is 4.79 Å². The first-order chi connectivity index (χ1) is 12.9. The average Bonchev–Trinajstić information content (AvgIpc) is 3.03. The second-order valence-electron chi connectivity index (χ2n) is 6.92. The molecule has 1 aliphatic rings. The van der Waals surface area contributed by atoms with E-state index in [1.165, 1.54) is 0 Å². The van der Waals surface area contributed by atoms with Crippen LogP contribution < -0.4 is 11.1 Å². The second kappa shape index (κ2) is 6.39. The minimum Gasteiger partial charge on any atom is -0.366 e. The number of primary amides is 1. The fraction of sp³-hybridized carbons (Fsp3) is 0.190. The Balaban J connectivity index is 1.90. The third-order valence-electron chi connectivity index (χ3n) is 4.75. The van der Waals surface area contributed by atoms with E-state index < -0.39 is 11.9 Å². The molecule has 0 unspecified atom stereocenters. The summed E-state index contributed by atoms with van der Waals surface area (Å²) in [4.78, 5) is 16.9. The Morgan fingerprint density at radius 3 is 2.44 bits per heavy atom. The Bertz CT molecular complexity index is 1080. The standard InChI is InChI=1S/C21H21N5O/c1-12-6-4-8-15(10-12)18-17(19(22)27)14(3)23-21-24-20(25-26(18)21)16-9-5-7-13(2)11-16/h4-11,18H,1-3H3,(H2,22,27)(H,23,24,25)/t18-/m1/s1. The van der Waals surface area contributed by atoms with Gasteiger partial charge in [0, 0.05) is 11.3 Å². The van der Waals surface area contributed by atoms with Gasteiger partial charge in [0.05, 0.1) is 5.57 Å². The number of nitrogens with one attached hydrogen (secondary N) is 1. The Morgan fingerprint density at radius 2 is 1.78 bits per heavy atom. The molecule has 0 spiro atoms. The molecule has 6 heteroatoms. The van der Waals surface area contributed by atoms with Crippen LogP contribution in [0.25, 0.3) is 11.4 Å². The van der Waals surface area contributed by atoms with E-state index >= 15 is 0 Å². The van der Waals surface area contributed by atoms with Gasteiger partial charge in [-0.2, -0.15) is 4.98 Å². The van der Waals surface area contributed by atoms with Gasteiger partial charge in [-0.05, 0) is 32.4 Å². The molecule has 1 atom stereocenters. The van der Waals surface area contributed by atoms with Crippen LogP contribution in [0.3, 0.4) is 0 Å². The van der Waals surface area contributed by atoms with Crippen LogP contribution in [0.2, 0.25) is 0 Å². The summed E-state index contributed by atoms with van der Waals surface area (Å²) in [5, 5.41) is 7.90. The van der Waals surface area contributed by atoms with Crippen LogP contribution in [0.1, 0.15) is 29.7 Å². The molecule has 0 saturated carbocycles. The Hall–Kier alpha value is -3.41. The Morgan fingerprint density at radius 1 is 1.07 bits per heavy atom. The van der Waals surface area contributed by atoms with Crippen LogP contribution >= 0.6 is 0 Å².